The van der Waals surface area contributed by atoms with Crippen LogP contribution >= 0.6 is 0 Å². The molecule has 0 saturated carbocycles. The van der Waals surface area contributed by atoms with Gasteiger partial charge in [-0.25, -0.2) is 9.18 Å². The maximum Gasteiger partial charge on any atom is 0.416 e. The van der Waals surface area contributed by atoms with E-state index in [1.165, 1.54) is 0 Å². The third kappa shape index (κ3) is 2.80. The van der Waals surface area contributed by atoms with Crippen molar-refractivity contribution >= 4 is 5.97 Å². The van der Waals surface area contributed by atoms with Gasteiger partial charge in [0.1, 0.15) is 5.82 Å². The maximum atomic E-state index is 12.9. The summed E-state index contributed by atoms with van der Waals surface area (Å²) in [6.45, 7) is 0. The minimum atomic E-state index is -4.68. The molecule has 22 heavy (non-hydrogen) atoms. The molecule has 1 atom stereocenters. The molecule has 0 spiro atoms. The molecule has 2 rings (SSSR count). The summed E-state index contributed by atoms with van der Waals surface area (Å²) < 4.78 is 51.1. The minimum absolute atomic E-state index is 0.249. The highest BCUT2D eigenvalue weighted by Crippen LogP contribution is 2.35. The molecule has 0 unspecified atom stereocenters. The highest BCUT2D eigenvalue weighted by atomic mass is 19.4. The van der Waals surface area contributed by atoms with Crippen molar-refractivity contribution < 1.29 is 32.6 Å². The van der Waals surface area contributed by atoms with Gasteiger partial charge in [-0.15, -0.1) is 0 Å². The number of rotatable bonds is 3. The van der Waals surface area contributed by atoms with E-state index in [9.17, 15) is 32.6 Å². The third-order valence-electron chi connectivity index (χ3n) is 3.18. The van der Waals surface area contributed by atoms with Gasteiger partial charge in [-0.05, 0) is 29.8 Å². The molecule has 0 aliphatic carbocycles. The van der Waals surface area contributed by atoms with Crippen LogP contribution in [-0.4, -0.2) is 16.2 Å². The molecule has 0 aliphatic rings. The summed E-state index contributed by atoms with van der Waals surface area (Å²) >= 11 is 0. The number of hydrogen-bond donors (Lipinski definition) is 2. The minimum Gasteiger partial charge on any atom is -0.479 e. The predicted molar refractivity (Wildman–Crippen MR) is 68.5 cm³/mol. The van der Waals surface area contributed by atoms with Crippen LogP contribution in [-0.2, 0) is 16.6 Å². The quantitative estimate of drug-likeness (QED) is 0.856. The molecular formula is C15H10F4O3. The number of halogens is 4. The second-order valence-electron chi connectivity index (χ2n) is 4.60. The van der Waals surface area contributed by atoms with Gasteiger partial charge in [-0.2, -0.15) is 13.2 Å². The van der Waals surface area contributed by atoms with Gasteiger partial charge in [0.25, 0.3) is 0 Å². The van der Waals surface area contributed by atoms with E-state index in [2.05, 4.69) is 0 Å². The van der Waals surface area contributed by atoms with Crippen LogP contribution in [0.5, 0.6) is 0 Å². The van der Waals surface area contributed by atoms with E-state index in [1.54, 1.807) is 0 Å². The summed E-state index contributed by atoms with van der Waals surface area (Å²) in [5.41, 5.74) is -4.52. The molecule has 0 aliphatic heterocycles. The van der Waals surface area contributed by atoms with Crippen LogP contribution in [0.2, 0.25) is 0 Å². The number of hydrogen-bond acceptors (Lipinski definition) is 2. The highest BCUT2D eigenvalue weighted by molar-refractivity contribution is 5.83. The lowest BCUT2D eigenvalue weighted by Gasteiger charge is -2.25. The van der Waals surface area contributed by atoms with Crippen molar-refractivity contribution in [1.82, 2.24) is 0 Å². The van der Waals surface area contributed by atoms with Crippen LogP contribution in [0.1, 0.15) is 16.7 Å². The Morgan fingerprint density at radius 1 is 0.909 bits per heavy atom. The number of aliphatic hydroxyl groups is 1. The van der Waals surface area contributed by atoms with E-state index >= 15 is 0 Å². The molecule has 116 valence electrons. The number of carboxylic acids is 1. The van der Waals surface area contributed by atoms with Gasteiger partial charge in [-0.3, -0.25) is 0 Å². The van der Waals surface area contributed by atoms with Crippen molar-refractivity contribution in [3.05, 3.63) is 71.0 Å². The van der Waals surface area contributed by atoms with Gasteiger partial charge in [0.15, 0.2) is 0 Å². The first-order valence-corrected chi connectivity index (χ1v) is 6.05. The first-order chi connectivity index (χ1) is 10.2. The molecule has 0 radical (unpaired) electrons. The van der Waals surface area contributed by atoms with Crippen LogP contribution < -0.4 is 0 Å². The van der Waals surface area contributed by atoms with Crippen molar-refractivity contribution in [1.29, 1.82) is 0 Å². The molecule has 2 aromatic rings. The fraction of sp³-hybridized carbons (Fsp3) is 0.133. The SMILES string of the molecule is O=C(O)[C@](O)(c1ccc(F)cc1)c1cccc(C(F)(F)F)c1. The van der Waals surface area contributed by atoms with Crippen LogP contribution in [0.3, 0.4) is 0 Å². The van der Waals surface area contributed by atoms with Crippen molar-refractivity contribution in [2.24, 2.45) is 0 Å². The Kier molecular flexibility index (Phi) is 3.93. The molecule has 7 heteroatoms. The highest BCUT2D eigenvalue weighted by Gasteiger charge is 2.41. The van der Waals surface area contributed by atoms with E-state index in [4.69, 9.17) is 0 Å². The molecule has 0 amide bonds. The summed E-state index contributed by atoms with van der Waals surface area (Å²) in [4.78, 5) is 11.4. The fourth-order valence-electron chi connectivity index (χ4n) is 2.03. The molecule has 2 N–H and O–H groups in total. The Hall–Kier alpha value is -2.41. The second-order valence-corrected chi connectivity index (χ2v) is 4.60. The summed E-state index contributed by atoms with van der Waals surface area (Å²) in [5, 5.41) is 19.7. The number of carbonyl (C=O) groups is 1. The van der Waals surface area contributed by atoms with Crippen LogP contribution in [0, 0.1) is 5.82 Å². The van der Waals surface area contributed by atoms with Crippen molar-refractivity contribution in [2.45, 2.75) is 11.8 Å². The summed E-state index contributed by atoms with van der Waals surface area (Å²) in [6.07, 6.45) is -4.68. The van der Waals surface area contributed by atoms with Crippen LogP contribution in [0.15, 0.2) is 48.5 Å². The number of carboxylic acid groups (broad SMARTS) is 1. The normalized spacial score (nSPS) is 14.4. The Bertz CT molecular complexity index is 695. The van der Waals surface area contributed by atoms with E-state index < -0.39 is 34.7 Å². The number of alkyl halides is 3. The van der Waals surface area contributed by atoms with Crippen molar-refractivity contribution in [2.75, 3.05) is 0 Å². The van der Waals surface area contributed by atoms with Crippen LogP contribution in [0.25, 0.3) is 0 Å². The second kappa shape index (κ2) is 5.42. The Balaban J connectivity index is 2.62. The van der Waals surface area contributed by atoms with E-state index in [1.807, 2.05) is 0 Å². The van der Waals surface area contributed by atoms with Gasteiger partial charge < -0.3 is 10.2 Å². The standard InChI is InChI=1S/C15H10F4O3/c16-12-6-4-9(5-7-12)14(22,13(20)21)10-2-1-3-11(8-10)15(17,18)19/h1-8,22H,(H,20,21)/t14-/m0/s1. The lowest BCUT2D eigenvalue weighted by molar-refractivity contribution is -0.155. The first-order valence-electron chi connectivity index (χ1n) is 6.05. The lowest BCUT2D eigenvalue weighted by atomic mass is 9.85. The first kappa shape index (κ1) is 16.0. The molecular weight excluding hydrogens is 304 g/mol. The summed E-state index contributed by atoms with van der Waals surface area (Å²) in [7, 11) is 0. The van der Waals surface area contributed by atoms with Gasteiger partial charge in [0.2, 0.25) is 5.60 Å². The zero-order valence-electron chi connectivity index (χ0n) is 10.9. The Morgan fingerprint density at radius 2 is 1.45 bits per heavy atom. The van der Waals surface area contributed by atoms with Gasteiger partial charge >= 0.3 is 12.1 Å². The van der Waals surface area contributed by atoms with Crippen molar-refractivity contribution in [3.63, 3.8) is 0 Å². The average molecular weight is 314 g/mol. The molecule has 0 saturated heterocycles. The van der Waals surface area contributed by atoms with Crippen LogP contribution in [0.4, 0.5) is 17.6 Å². The summed E-state index contributed by atoms with van der Waals surface area (Å²) in [5.74, 6) is -2.43. The molecule has 3 nitrogen and oxygen atoms in total. The monoisotopic (exact) mass is 314 g/mol. The van der Waals surface area contributed by atoms with E-state index in [-0.39, 0.29) is 5.56 Å². The lowest BCUT2D eigenvalue weighted by Crippen LogP contribution is -2.37. The van der Waals surface area contributed by atoms with E-state index in [0.29, 0.717) is 6.07 Å². The number of aliphatic carboxylic acids is 1. The molecule has 0 fully saturated rings. The molecule has 2 aromatic carbocycles. The third-order valence-corrected chi connectivity index (χ3v) is 3.18. The fourth-order valence-corrected chi connectivity index (χ4v) is 2.03. The van der Waals surface area contributed by atoms with Gasteiger partial charge in [0, 0.05) is 5.56 Å². The smallest absolute Gasteiger partial charge is 0.416 e. The molecule has 0 bridgehead atoms. The topological polar surface area (TPSA) is 57.5 Å². The maximum absolute atomic E-state index is 12.9. The van der Waals surface area contributed by atoms with Crippen molar-refractivity contribution in [3.8, 4) is 0 Å². The largest absolute Gasteiger partial charge is 0.479 e. The zero-order chi connectivity index (χ0) is 16.5. The summed E-state index contributed by atoms with van der Waals surface area (Å²) in [6, 6.07) is 7.21. The zero-order valence-corrected chi connectivity index (χ0v) is 10.9. The van der Waals surface area contributed by atoms with E-state index in [0.717, 1.165) is 42.5 Å². The molecule has 0 aromatic heterocycles. The number of benzene rings is 2. The predicted octanol–water partition coefficient (Wildman–Crippen LogP) is 3.17. The Morgan fingerprint density at radius 3 is 1.95 bits per heavy atom. The Labute approximate surface area is 122 Å². The molecule has 0 heterocycles. The van der Waals surface area contributed by atoms with Gasteiger partial charge in [0.05, 0.1) is 5.56 Å². The van der Waals surface area contributed by atoms with Gasteiger partial charge in [-0.1, -0.05) is 24.3 Å². The average Bonchev–Trinajstić information content (AvgIpc) is 2.46.